The minimum absolute atomic E-state index is 0.828. The summed E-state index contributed by atoms with van der Waals surface area (Å²) in [5.41, 5.74) is 6.62. The van der Waals surface area contributed by atoms with Gasteiger partial charge in [-0.25, -0.2) is 9.97 Å². The second kappa shape index (κ2) is 4.35. The first-order chi connectivity index (χ1) is 7.70. The Balaban J connectivity index is 2.27. The number of nitrogens with zero attached hydrogens (tertiary/aromatic N) is 3. The van der Waals surface area contributed by atoms with Crippen LogP contribution < -0.4 is 5.43 Å². The van der Waals surface area contributed by atoms with Crippen LogP contribution in [-0.2, 0) is 6.42 Å². The molecule has 0 saturated heterocycles. The maximum Gasteiger partial charge on any atom is 0.148 e. The molecule has 0 aliphatic heterocycles. The molecular weight excluding hydrogens is 200 g/mol. The third-order valence-corrected chi connectivity index (χ3v) is 2.58. The highest BCUT2D eigenvalue weighted by atomic mass is 15.4. The molecular formula is C12H16N4. The van der Waals surface area contributed by atoms with Crippen molar-refractivity contribution in [2.24, 2.45) is 0 Å². The van der Waals surface area contributed by atoms with E-state index in [1.807, 2.05) is 10.7 Å². The van der Waals surface area contributed by atoms with Crippen molar-refractivity contribution in [1.29, 1.82) is 0 Å². The molecule has 4 heteroatoms. The number of hydrogen-bond acceptors (Lipinski definition) is 3. The predicted octanol–water partition coefficient (Wildman–Crippen LogP) is 2.33. The Morgan fingerprint density at radius 3 is 2.50 bits per heavy atom. The van der Waals surface area contributed by atoms with Gasteiger partial charge in [0.1, 0.15) is 12.1 Å². The summed E-state index contributed by atoms with van der Waals surface area (Å²) in [7, 11) is 0. The number of hydrogen-bond donors (Lipinski definition) is 1. The largest absolute Gasteiger partial charge is 0.278 e. The molecule has 0 amide bonds. The van der Waals surface area contributed by atoms with Gasteiger partial charge in [-0.2, -0.15) is 0 Å². The number of rotatable bonds is 3. The molecule has 4 nitrogen and oxygen atoms in total. The summed E-state index contributed by atoms with van der Waals surface area (Å²) in [6.07, 6.45) is 2.51. The average Bonchev–Trinajstić information content (AvgIpc) is 2.61. The first-order valence-corrected chi connectivity index (χ1v) is 5.43. The molecule has 2 rings (SSSR count). The summed E-state index contributed by atoms with van der Waals surface area (Å²) in [5, 5.41) is 0. The second-order valence-electron chi connectivity index (χ2n) is 3.81. The van der Waals surface area contributed by atoms with E-state index >= 15 is 0 Å². The zero-order valence-corrected chi connectivity index (χ0v) is 9.86. The second-order valence-corrected chi connectivity index (χ2v) is 3.81. The van der Waals surface area contributed by atoms with E-state index in [1.54, 1.807) is 6.33 Å². The maximum absolute atomic E-state index is 4.20. The fourth-order valence-electron chi connectivity index (χ4n) is 1.61. The smallest absolute Gasteiger partial charge is 0.148 e. The molecule has 2 aromatic heterocycles. The van der Waals surface area contributed by atoms with Gasteiger partial charge in [0, 0.05) is 23.1 Å². The van der Waals surface area contributed by atoms with Crippen LogP contribution in [0.4, 0.5) is 5.82 Å². The molecule has 0 spiro atoms. The standard InChI is InChI=1S/C12H16N4/c1-4-11-7-12(14-8-13-11)15-16-9(2)5-6-10(16)3/h5-8H,4H2,1-3H3,(H,13,14,15). The number of aromatic nitrogens is 3. The van der Waals surface area contributed by atoms with Gasteiger partial charge in [0.05, 0.1) is 0 Å². The van der Waals surface area contributed by atoms with Crippen molar-refractivity contribution in [1.82, 2.24) is 14.6 Å². The fourth-order valence-corrected chi connectivity index (χ4v) is 1.61. The lowest BCUT2D eigenvalue weighted by Crippen LogP contribution is -2.13. The van der Waals surface area contributed by atoms with Crippen LogP contribution in [0.1, 0.15) is 24.0 Å². The summed E-state index contributed by atoms with van der Waals surface area (Å²) < 4.78 is 2.02. The van der Waals surface area contributed by atoms with Crippen LogP contribution in [0.2, 0.25) is 0 Å². The Hall–Kier alpha value is -1.84. The van der Waals surface area contributed by atoms with Gasteiger partial charge in [0.2, 0.25) is 0 Å². The van der Waals surface area contributed by atoms with Gasteiger partial charge in [0.25, 0.3) is 0 Å². The molecule has 84 valence electrons. The van der Waals surface area contributed by atoms with Crippen molar-refractivity contribution in [3.05, 3.63) is 41.6 Å². The van der Waals surface area contributed by atoms with Gasteiger partial charge in [-0.3, -0.25) is 10.1 Å². The fraction of sp³-hybridized carbons (Fsp3) is 0.333. The van der Waals surface area contributed by atoms with Gasteiger partial charge in [-0.15, -0.1) is 0 Å². The van der Waals surface area contributed by atoms with Crippen molar-refractivity contribution in [2.75, 3.05) is 5.43 Å². The van der Waals surface area contributed by atoms with Crippen molar-refractivity contribution in [2.45, 2.75) is 27.2 Å². The van der Waals surface area contributed by atoms with E-state index < -0.39 is 0 Å². The lowest BCUT2D eigenvalue weighted by molar-refractivity contribution is 0.863. The van der Waals surface area contributed by atoms with Crippen LogP contribution in [0.5, 0.6) is 0 Å². The molecule has 1 N–H and O–H groups in total. The van der Waals surface area contributed by atoms with Crippen LogP contribution in [0.25, 0.3) is 0 Å². The van der Waals surface area contributed by atoms with Crippen LogP contribution in [-0.4, -0.2) is 14.6 Å². The summed E-state index contributed by atoms with van der Waals surface area (Å²) >= 11 is 0. The molecule has 0 saturated carbocycles. The van der Waals surface area contributed by atoms with Crippen molar-refractivity contribution >= 4 is 5.82 Å². The maximum atomic E-state index is 4.20. The number of aryl methyl sites for hydroxylation is 3. The van der Waals surface area contributed by atoms with E-state index in [4.69, 9.17) is 0 Å². The van der Waals surface area contributed by atoms with Gasteiger partial charge in [-0.1, -0.05) is 6.92 Å². The Bertz CT molecular complexity index is 468. The highest BCUT2D eigenvalue weighted by Gasteiger charge is 2.02. The van der Waals surface area contributed by atoms with Gasteiger partial charge >= 0.3 is 0 Å². The first-order valence-electron chi connectivity index (χ1n) is 5.43. The van der Waals surface area contributed by atoms with Gasteiger partial charge in [-0.05, 0) is 32.4 Å². The van der Waals surface area contributed by atoms with Crippen molar-refractivity contribution < 1.29 is 0 Å². The molecule has 0 atom stereocenters. The first kappa shape index (κ1) is 10.7. The number of anilines is 1. The highest BCUT2D eigenvalue weighted by Crippen LogP contribution is 2.10. The average molecular weight is 216 g/mol. The van der Waals surface area contributed by atoms with Crippen molar-refractivity contribution in [3.63, 3.8) is 0 Å². The molecule has 2 heterocycles. The Morgan fingerprint density at radius 1 is 1.19 bits per heavy atom. The lowest BCUT2D eigenvalue weighted by atomic mass is 10.3. The van der Waals surface area contributed by atoms with E-state index in [1.165, 1.54) is 0 Å². The summed E-state index contributed by atoms with van der Waals surface area (Å²) in [6.45, 7) is 6.20. The minimum Gasteiger partial charge on any atom is -0.278 e. The van der Waals surface area contributed by atoms with Crippen molar-refractivity contribution in [3.8, 4) is 0 Å². The SMILES string of the molecule is CCc1cc(Nn2c(C)ccc2C)ncn1. The zero-order valence-electron chi connectivity index (χ0n) is 9.86. The predicted molar refractivity (Wildman–Crippen MR) is 64.3 cm³/mol. The number of nitrogens with one attached hydrogen (secondary N) is 1. The molecule has 0 aliphatic rings. The third kappa shape index (κ3) is 2.05. The van der Waals surface area contributed by atoms with Crippen LogP contribution in [0.15, 0.2) is 24.5 Å². The summed E-state index contributed by atoms with van der Waals surface area (Å²) in [5.74, 6) is 0.828. The molecule has 0 aromatic carbocycles. The van der Waals surface area contributed by atoms with Crippen LogP contribution >= 0.6 is 0 Å². The molecule has 16 heavy (non-hydrogen) atoms. The lowest BCUT2D eigenvalue weighted by Gasteiger charge is -2.11. The highest BCUT2D eigenvalue weighted by molar-refractivity contribution is 5.36. The molecule has 0 fully saturated rings. The Morgan fingerprint density at radius 2 is 1.88 bits per heavy atom. The van der Waals surface area contributed by atoms with E-state index in [2.05, 4.69) is 48.3 Å². The summed E-state index contributed by atoms with van der Waals surface area (Å²) in [4.78, 5) is 8.37. The van der Waals surface area contributed by atoms with E-state index in [9.17, 15) is 0 Å². The van der Waals surface area contributed by atoms with Gasteiger partial charge < -0.3 is 0 Å². The van der Waals surface area contributed by atoms with Crippen LogP contribution in [0, 0.1) is 13.8 Å². The normalized spacial score (nSPS) is 10.4. The molecule has 0 radical (unpaired) electrons. The topological polar surface area (TPSA) is 42.7 Å². The molecule has 0 bridgehead atoms. The summed E-state index contributed by atoms with van der Waals surface area (Å²) in [6, 6.07) is 6.12. The van der Waals surface area contributed by atoms with Gasteiger partial charge in [0.15, 0.2) is 0 Å². The van der Waals surface area contributed by atoms with E-state index in [0.29, 0.717) is 0 Å². The van der Waals surface area contributed by atoms with E-state index in [-0.39, 0.29) is 0 Å². The third-order valence-electron chi connectivity index (χ3n) is 2.58. The Kier molecular flexibility index (Phi) is 2.90. The molecule has 2 aromatic rings. The zero-order chi connectivity index (χ0) is 11.5. The quantitative estimate of drug-likeness (QED) is 0.856. The molecule has 0 unspecified atom stereocenters. The monoisotopic (exact) mass is 216 g/mol. The minimum atomic E-state index is 0.828. The van der Waals surface area contributed by atoms with E-state index in [0.717, 1.165) is 29.3 Å². The molecule has 0 aliphatic carbocycles. The Labute approximate surface area is 95.3 Å². The van der Waals surface area contributed by atoms with Crippen LogP contribution in [0.3, 0.4) is 0 Å².